The van der Waals surface area contributed by atoms with Gasteiger partial charge in [-0.05, 0) is 43.2 Å². The maximum Gasteiger partial charge on any atom is 0.325 e. The van der Waals surface area contributed by atoms with E-state index in [1.54, 1.807) is 54.6 Å². The fraction of sp³-hybridized carbons (Fsp3) is 0.345. The number of urea groups is 1. The van der Waals surface area contributed by atoms with Crippen LogP contribution in [0, 0.1) is 5.92 Å². The Bertz CT molecular complexity index is 1420. The van der Waals surface area contributed by atoms with E-state index in [-0.39, 0.29) is 36.2 Å². The molecular formula is C29H29N5O8. The van der Waals surface area contributed by atoms with Gasteiger partial charge in [0.2, 0.25) is 5.91 Å². The number of nitrogens with zero attached hydrogens (tertiary/aromatic N) is 2. The van der Waals surface area contributed by atoms with Crippen molar-refractivity contribution in [3.63, 3.8) is 0 Å². The summed E-state index contributed by atoms with van der Waals surface area (Å²) >= 11 is 0. The second-order valence-electron chi connectivity index (χ2n) is 10.7. The minimum Gasteiger partial charge on any atom is -0.387 e. The van der Waals surface area contributed by atoms with Gasteiger partial charge in [0.15, 0.2) is 6.23 Å². The molecule has 2 unspecified atom stereocenters. The van der Waals surface area contributed by atoms with E-state index in [0.29, 0.717) is 29.5 Å². The van der Waals surface area contributed by atoms with Crippen molar-refractivity contribution < 1.29 is 38.9 Å². The van der Waals surface area contributed by atoms with Gasteiger partial charge < -0.3 is 30.9 Å². The minimum atomic E-state index is -1.46. The van der Waals surface area contributed by atoms with E-state index >= 15 is 0 Å². The number of ether oxygens (including phenoxy) is 1. The quantitative estimate of drug-likeness (QED) is 0.285. The molecule has 218 valence electrons. The lowest BCUT2D eigenvalue weighted by Crippen LogP contribution is -2.57. The highest BCUT2D eigenvalue weighted by molar-refractivity contribution is 6.21. The zero-order valence-corrected chi connectivity index (χ0v) is 22.3. The zero-order chi connectivity index (χ0) is 29.5. The smallest absolute Gasteiger partial charge is 0.325 e. The first-order chi connectivity index (χ1) is 20.2. The average Bonchev–Trinajstić information content (AvgIpc) is 3.39. The Hall–Kier alpha value is -4.59. The summed E-state index contributed by atoms with van der Waals surface area (Å²) in [6.07, 6.45) is -2.39. The molecule has 2 aromatic carbocycles. The molecule has 0 aromatic heterocycles. The van der Waals surface area contributed by atoms with Crippen molar-refractivity contribution in [1.29, 1.82) is 0 Å². The SMILES string of the molecule is O=C(NC1C=CN([C@@H]2O[C@H](CNC(=O)C3CC(N4C(=O)c5ccccc5C4=O)C3)[C@H](O)C2O)C(=O)N1)c1ccccc1. The summed E-state index contributed by atoms with van der Waals surface area (Å²) in [6.45, 7) is -0.128. The minimum absolute atomic E-state index is 0.128. The third-order valence-corrected chi connectivity index (χ3v) is 8.04. The average molecular weight is 576 g/mol. The Balaban J connectivity index is 0.989. The number of carbonyl (C=O) groups is 5. The second-order valence-corrected chi connectivity index (χ2v) is 10.7. The van der Waals surface area contributed by atoms with Gasteiger partial charge in [-0.1, -0.05) is 30.3 Å². The van der Waals surface area contributed by atoms with Crippen LogP contribution in [0.15, 0.2) is 66.9 Å². The molecular weight excluding hydrogens is 546 g/mol. The van der Waals surface area contributed by atoms with E-state index in [1.807, 2.05) is 0 Å². The van der Waals surface area contributed by atoms with Gasteiger partial charge in [-0.2, -0.15) is 0 Å². The topological polar surface area (TPSA) is 178 Å². The number of rotatable bonds is 7. The van der Waals surface area contributed by atoms with E-state index < -0.39 is 42.7 Å². The molecule has 2 fully saturated rings. The van der Waals surface area contributed by atoms with E-state index in [1.165, 1.54) is 17.2 Å². The molecule has 0 spiro atoms. The van der Waals surface area contributed by atoms with Crippen LogP contribution < -0.4 is 16.0 Å². The first-order valence-corrected chi connectivity index (χ1v) is 13.6. The fourth-order valence-electron chi connectivity index (χ4n) is 5.63. The van der Waals surface area contributed by atoms with Crippen LogP contribution in [-0.4, -0.2) is 93.0 Å². The molecule has 1 saturated heterocycles. The third-order valence-electron chi connectivity index (χ3n) is 8.04. The van der Waals surface area contributed by atoms with Crippen LogP contribution in [0.25, 0.3) is 0 Å². The number of amides is 6. The lowest BCUT2D eigenvalue weighted by molar-refractivity contribution is -0.130. The van der Waals surface area contributed by atoms with Gasteiger partial charge >= 0.3 is 6.03 Å². The number of carbonyl (C=O) groups excluding carboxylic acids is 5. The zero-order valence-electron chi connectivity index (χ0n) is 22.3. The Labute approximate surface area is 240 Å². The molecule has 5 N–H and O–H groups in total. The van der Waals surface area contributed by atoms with Crippen LogP contribution in [0.3, 0.4) is 0 Å². The molecule has 1 saturated carbocycles. The number of imide groups is 1. The van der Waals surface area contributed by atoms with Gasteiger partial charge in [0, 0.05) is 30.3 Å². The lowest BCUT2D eigenvalue weighted by Gasteiger charge is -2.39. The highest BCUT2D eigenvalue weighted by Crippen LogP contribution is 2.37. The largest absolute Gasteiger partial charge is 0.387 e. The molecule has 0 bridgehead atoms. The van der Waals surface area contributed by atoms with Crippen molar-refractivity contribution >= 4 is 29.7 Å². The Morgan fingerprint density at radius 2 is 1.57 bits per heavy atom. The number of fused-ring (bicyclic) bond motifs is 1. The number of aliphatic hydroxyl groups excluding tert-OH is 2. The third kappa shape index (κ3) is 4.91. The van der Waals surface area contributed by atoms with Gasteiger partial charge in [-0.25, -0.2) is 4.79 Å². The van der Waals surface area contributed by atoms with Crippen molar-refractivity contribution in [3.05, 3.63) is 83.6 Å². The molecule has 3 heterocycles. The van der Waals surface area contributed by atoms with Gasteiger partial charge in [0.1, 0.15) is 24.5 Å². The van der Waals surface area contributed by atoms with Crippen LogP contribution in [0.4, 0.5) is 4.79 Å². The van der Waals surface area contributed by atoms with Crippen molar-refractivity contribution in [2.75, 3.05) is 6.54 Å². The van der Waals surface area contributed by atoms with Crippen LogP contribution in [-0.2, 0) is 9.53 Å². The highest BCUT2D eigenvalue weighted by Gasteiger charge is 2.49. The van der Waals surface area contributed by atoms with E-state index in [9.17, 15) is 34.2 Å². The highest BCUT2D eigenvalue weighted by atomic mass is 16.6. The number of benzene rings is 2. The number of hydrogen-bond acceptors (Lipinski definition) is 8. The molecule has 13 heteroatoms. The van der Waals surface area contributed by atoms with Crippen LogP contribution in [0.5, 0.6) is 0 Å². The molecule has 6 amide bonds. The Morgan fingerprint density at radius 3 is 2.21 bits per heavy atom. The second kappa shape index (κ2) is 11.0. The number of nitrogens with one attached hydrogen (secondary N) is 3. The number of hydrogen-bond donors (Lipinski definition) is 5. The first-order valence-electron chi connectivity index (χ1n) is 13.6. The maximum atomic E-state index is 12.8. The van der Waals surface area contributed by atoms with Crippen molar-refractivity contribution in [2.45, 2.75) is 49.6 Å². The standard InChI is InChI=1S/C29H29N5O8/c35-22-20(14-30-24(37)16-12-17(13-16)34-26(39)18-8-4-5-9-19(18)27(34)40)42-28(23(22)36)33-11-10-21(32-29(33)41)31-25(38)15-6-2-1-3-7-15/h1-11,16-17,20-23,28,35-36H,12-14H2,(H,30,37)(H,31,38)(H,32,41)/t16?,17?,20-,21?,22+,23?,28-/m1/s1. The molecule has 3 aliphatic heterocycles. The predicted molar refractivity (Wildman–Crippen MR) is 144 cm³/mol. The monoisotopic (exact) mass is 575 g/mol. The summed E-state index contributed by atoms with van der Waals surface area (Å²) in [5.41, 5.74) is 1.15. The summed E-state index contributed by atoms with van der Waals surface area (Å²) in [6, 6.07) is 14.1. The van der Waals surface area contributed by atoms with Crippen molar-refractivity contribution in [3.8, 4) is 0 Å². The molecule has 0 radical (unpaired) electrons. The summed E-state index contributed by atoms with van der Waals surface area (Å²) in [7, 11) is 0. The van der Waals surface area contributed by atoms with Crippen LogP contribution in [0.1, 0.15) is 43.9 Å². The summed E-state index contributed by atoms with van der Waals surface area (Å²) in [5, 5.41) is 29.1. The Kier molecular flexibility index (Phi) is 7.22. The van der Waals surface area contributed by atoms with Crippen molar-refractivity contribution in [2.24, 2.45) is 5.92 Å². The fourth-order valence-corrected chi connectivity index (χ4v) is 5.63. The lowest BCUT2D eigenvalue weighted by atomic mass is 9.78. The molecule has 6 rings (SSSR count). The predicted octanol–water partition coefficient (Wildman–Crippen LogP) is -0.0809. The van der Waals surface area contributed by atoms with Crippen LogP contribution >= 0.6 is 0 Å². The van der Waals surface area contributed by atoms with Gasteiger partial charge in [-0.15, -0.1) is 0 Å². The van der Waals surface area contributed by atoms with Crippen molar-refractivity contribution in [1.82, 2.24) is 25.8 Å². The van der Waals surface area contributed by atoms with E-state index in [2.05, 4.69) is 16.0 Å². The summed E-state index contributed by atoms with van der Waals surface area (Å²) in [5.74, 6) is -1.86. The van der Waals surface area contributed by atoms with E-state index in [4.69, 9.17) is 4.74 Å². The summed E-state index contributed by atoms with van der Waals surface area (Å²) < 4.78 is 5.74. The molecule has 4 aliphatic rings. The van der Waals surface area contributed by atoms with Gasteiger partial charge in [-0.3, -0.25) is 29.0 Å². The van der Waals surface area contributed by atoms with E-state index in [0.717, 1.165) is 4.90 Å². The Morgan fingerprint density at radius 1 is 0.929 bits per heavy atom. The molecule has 13 nitrogen and oxygen atoms in total. The first kappa shape index (κ1) is 27.6. The van der Waals surface area contributed by atoms with Gasteiger partial charge in [0.05, 0.1) is 11.1 Å². The maximum absolute atomic E-state index is 12.8. The molecule has 1 aliphatic carbocycles. The van der Waals surface area contributed by atoms with Gasteiger partial charge in [0.25, 0.3) is 17.7 Å². The normalized spacial score (nSPS) is 30.0. The number of aliphatic hydroxyl groups is 2. The molecule has 2 aromatic rings. The molecule has 42 heavy (non-hydrogen) atoms. The molecule has 5 atom stereocenters. The summed E-state index contributed by atoms with van der Waals surface area (Å²) in [4.78, 5) is 65.5. The van der Waals surface area contributed by atoms with Crippen LogP contribution in [0.2, 0.25) is 0 Å².